The number of rotatable bonds is 3. The molecule has 1 N–H and O–H groups in total. The highest BCUT2D eigenvalue weighted by Gasteiger charge is 2.17. The predicted molar refractivity (Wildman–Crippen MR) is 77.7 cm³/mol. The van der Waals surface area contributed by atoms with Crippen LogP contribution in [0.15, 0.2) is 41.0 Å². The van der Waals surface area contributed by atoms with Crippen molar-refractivity contribution in [3.05, 3.63) is 62.4 Å². The van der Waals surface area contributed by atoms with Gasteiger partial charge >= 0.3 is 0 Å². The van der Waals surface area contributed by atoms with E-state index in [-0.39, 0.29) is 17.1 Å². The van der Waals surface area contributed by atoms with Crippen LogP contribution in [-0.4, -0.2) is 15.8 Å². The lowest BCUT2D eigenvalue weighted by Gasteiger charge is -2.06. The first-order chi connectivity index (χ1) is 9.47. The van der Waals surface area contributed by atoms with E-state index in [1.165, 1.54) is 18.2 Å². The average Bonchev–Trinajstić information content (AvgIpc) is 2.40. The third-order valence-electron chi connectivity index (χ3n) is 2.55. The van der Waals surface area contributed by atoms with Crippen LogP contribution in [0.1, 0.15) is 16.1 Å². The number of nitro benzene ring substituents is 1. The molecular weight excluding hydrogens is 326 g/mol. The van der Waals surface area contributed by atoms with Crippen molar-refractivity contribution in [1.82, 2.24) is 4.98 Å². The van der Waals surface area contributed by atoms with E-state index in [0.29, 0.717) is 4.60 Å². The summed E-state index contributed by atoms with van der Waals surface area (Å²) in [4.78, 5) is 26.5. The number of hydrogen-bond donors (Lipinski definition) is 1. The lowest BCUT2D eigenvalue weighted by molar-refractivity contribution is -0.384. The highest BCUT2D eigenvalue weighted by Crippen LogP contribution is 2.25. The smallest absolute Gasteiger partial charge is 0.293 e. The number of nitrogens with one attached hydrogen (secondary N) is 1. The SMILES string of the molecule is Cc1ccc(NC(=O)c2cccc(Br)n2)c([N+](=O)[O-])c1. The van der Waals surface area contributed by atoms with Crippen LogP contribution in [0.3, 0.4) is 0 Å². The fraction of sp³-hybridized carbons (Fsp3) is 0.0769. The Hall–Kier alpha value is -2.28. The van der Waals surface area contributed by atoms with Crippen molar-refractivity contribution in [2.24, 2.45) is 0 Å². The predicted octanol–water partition coefficient (Wildman–Crippen LogP) is 3.31. The van der Waals surface area contributed by atoms with E-state index < -0.39 is 10.8 Å². The third kappa shape index (κ3) is 3.18. The summed E-state index contributed by atoms with van der Waals surface area (Å²) >= 11 is 3.16. The number of amides is 1. The Bertz CT molecular complexity index is 688. The van der Waals surface area contributed by atoms with Gasteiger partial charge in [-0.05, 0) is 46.6 Å². The first kappa shape index (κ1) is 14.1. The Morgan fingerprint density at radius 2 is 2.10 bits per heavy atom. The number of carbonyl (C=O) groups is 1. The van der Waals surface area contributed by atoms with Gasteiger partial charge in [0.1, 0.15) is 16.0 Å². The van der Waals surface area contributed by atoms with Gasteiger partial charge < -0.3 is 5.32 Å². The van der Waals surface area contributed by atoms with Crippen LogP contribution in [0.25, 0.3) is 0 Å². The quantitative estimate of drug-likeness (QED) is 0.529. The molecule has 0 aliphatic carbocycles. The summed E-state index contributed by atoms with van der Waals surface area (Å²) < 4.78 is 0.517. The minimum atomic E-state index is -0.531. The van der Waals surface area contributed by atoms with E-state index in [2.05, 4.69) is 26.2 Å². The molecule has 0 fully saturated rings. The number of anilines is 1. The fourth-order valence-corrected chi connectivity index (χ4v) is 1.96. The molecule has 102 valence electrons. The summed E-state index contributed by atoms with van der Waals surface area (Å²) in [6, 6.07) is 9.48. The molecule has 2 aromatic rings. The average molecular weight is 336 g/mol. The van der Waals surface area contributed by atoms with Gasteiger partial charge in [0.2, 0.25) is 0 Å². The van der Waals surface area contributed by atoms with Crippen LogP contribution in [0.4, 0.5) is 11.4 Å². The van der Waals surface area contributed by atoms with E-state index in [1.807, 2.05) is 0 Å². The van der Waals surface area contributed by atoms with Gasteiger partial charge in [0.15, 0.2) is 0 Å². The van der Waals surface area contributed by atoms with Gasteiger partial charge in [-0.3, -0.25) is 14.9 Å². The van der Waals surface area contributed by atoms with Crippen molar-refractivity contribution in [2.45, 2.75) is 6.92 Å². The van der Waals surface area contributed by atoms with Crippen LogP contribution < -0.4 is 5.32 Å². The second kappa shape index (κ2) is 5.79. The topological polar surface area (TPSA) is 85.1 Å². The molecule has 20 heavy (non-hydrogen) atoms. The van der Waals surface area contributed by atoms with E-state index in [1.54, 1.807) is 25.1 Å². The number of nitro groups is 1. The standard InChI is InChI=1S/C13H10BrN3O3/c1-8-5-6-9(11(7-8)17(19)20)16-13(18)10-3-2-4-12(14)15-10/h2-7H,1H3,(H,16,18). The third-order valence-corrected chi connectivity index (χ3v) is 2.99. The molecule has 0 saturated heterocycles. The Kier molecular flexibility index (Phi) is 4.09. The lowest BCUT2D eigenvalue weighted by atomic mass is 10.2. The molecule has 0 unspecified atom stereocenters. The minimum absolute atomic E-state index is 0.145. The number of aryl methyl sites for hydroxylation is 1. The first-order valence-corrected chi connectivity index (χ1v) is 6.45. The first-order valence-electron chi connectivity index (χ1n) is 5.66. The number of benzene rings is 1. The molecule has 7 heteroatoms. The second-order valence-electron chi connectivity index (χ2n) is 4.08. The zero-order valence-corrected chi connectivity index (χ0v) is 12.0. The molecule has 1 heterocycles. The number of pyridine rings is 1. The largest absolute Gasteiger partial charge is 0.315 e. The van der Waals surface area contributed by atoms with Crippen molar-refractivity contribution < 1.29 is 9.72 Å². The highest BCUT2D eigenvalue weighted by atomic mass is 79.9. The lowest BCUT2D eigenvalue weighted by Crippen LogP contribution is -2.14. The molecule has 0 radical (unpaired) electrons. The number of halogens is 1. The van der Waals surface area contributed by atoms with Crippen molar-refractivity contribution in [2.75, 3.05) is 5.32 Å². The molecule has 1 aromatic carbocycles. The van der Waals surface area contributed by atoms with Crippen molar-refractivity contribution >= 4 is 33.2 Å². The number of carbonyl (C=O) groups excluding carboxylic acids is 1. The second-order valence-corrected chi connectivity index (χ2v) is 4.89. The summed E-state index contributed by atoms with van der Waals surface area (Å²) in [6.07, 6.45) is 0. The number of nitrogens with zero attached hydrogens (tertiary/aromatic N) is 2. The maximum absolute atomic E-state index is 12.0. The van der Waals surface area contributed by atoms with Gasteiger partial charge in [0.25, 0.3) is 11.6 Å². The molecule has 1 aromatic heterocycles. The molecule has 0 bridgehead atoms. The van der Waals surface area contributed by atoms with Gasteiger partial charge in [-0.25, -0.2) is 4.98 Å². The van der Waals surface area contributed by atoms with Crippen molar-refractivity contribution in [3.8, 4) is 0 Å². The van der Waals surface area contributed by atoms with Gasteiger partial charge in [-0.1, -0.05) is 12.1 Å². The van der Waals surface area contributed by atoms with Crippen molar-refractivity contribution in [3.63, 3.8) is 0 Å². The van der Waals surface area contributed by atoms with Gasteiger partial charge in [-0.15, -0.1) is 0 Å². The molecule has 0 aliphatic heterocycles. The molecular formula is C13H10BrN3O3. The molecule has 2 rings (SSSR count). The summed E-state index contributed by atoms with van der Waals surface area (Å²) in [5, 5.41) is 13.5. The summed E-state index contributed by atoms with van der Waals surface area (Å²) in [5.74, 6) is -0.502. The van der Waals surface area contributed by atoms with E-state index in [0.717, 1.165) is 5.56 Å². The van der Waals surface area contributed by atoms with Gasteiger partial charge in [0.05, 0.1) is 4.92 Å². The number of hydrogen-bond acceptors (Lipinski definition) is 4. The maximum atomic E-state index is 12.0. The highest BCUT2D eigenvalue weighted by molar-refractivity contribution is 9.10. The van der Waals surface area contributed by atoms with Crippen LogP contribution in [0.5, 0.6) is 0 Å². The Balaban J connectivity index is 2.30. The normalized spacial score (nSPS) is 10.1. The van der Waals surface area contributed by atoms with Gasteiger partial charge in [-0.2, -0.15) is 0 Å². The summed E-state index contributed by atoms with van der Waals surface area (Å²) in [7, 11) is 0. The Morgan fingerprint density at radius 3 is 2.75 bits per heavy atom. The number of aromatic nitrogens is 1. The van der Waals surface area contributed by atoms with Crippen LogP contribution in [0.2, 0.25) is 0 Å². The van der Waals surface area contributed by atoms with Crippen LogP contribution in [0, 0.1) is 17.0 Å². The zero-order chi connectivity index (χ0) is 14.7. The monoisotopic (exact) mass is 335 g/mol. The fourth-order valence-electron chi connectivity index (χ4n) is 1.62. The van der Waals surface area contributed by atoms with Crippen LogP contribution in [-0.2, 0) is 0 Å². The molecule has 0 saturated carbocycles. The Labute approximate surface area is 123 Å². The van der Waals surface area contributed by atoms with Crippen LogP contribution >= 0.6 is 15.9 Å². The molecule has 0 spiro atoms. The summed E-state index contributed by atoms with van der Waals surface area (Å²) in [6.45, 7) is 1.74. The van der Waals surface area contributed by atoms with Crippen molar-refractivity contribution in [1.29, 1.82) is 0 Å². The Morgan fingerprint density at radius 1 is 1.35 bits per heavy atom. The minimum Gasteiger partial charge on any atom is -0.315 e. The molecule has 0 atom stereocenters. The van der Waals surface area contributed by atoms with E-state index in [4.69, 9.17) is 0 Å². The molecule has 1 amide bonds. The molecule has 0 aliphatic rings. The zero-order valence-electron chi connectivity index (χ0n) is 10.5. The summed E-state index contributed by atoms with van der Waals surface area (Å²) in [5.41, 5.74) is 0.922. The maximum Gasteiger partial charge on any atom is 0.293 e. The van der Waals surface area contributed by atoms with E-state index in [9.17, 15) is 14.9 Å². The molecule has 6 nitrogen and oxygen atoms in total. The van der Waals surface area contributed by atoms with Gasteiger partial charge in [0, 0.05) is 6.07 Å². The van der Waals surface area contributed by atoms with E-state index >= 15 is 0 Å².